The molecular weight excluding hydrogens is 250 g/mol. The Bertz CT molecular complexity index is 366. The molecule has 106 valence electrons. The van der Waals surface area contributed by atoms with Crippen molar-refractivity contribution in [2.24, 2.45) is 0 Å². The number of rotatable bonds is 4. The van der Waals surface area contributed by atoms with Crippen LogP contribution in [0, 0.1) is 0 Å². The first-order valence-electron chi connectivity index (χ1n) is 6.86. The van der Waals surface area contributed by atoms with Crippen molar-refractivity contribution in [3.63, 3.8) is 0 Å². The van der Waals surface area contributed by atoms with Gasteiger partial charge < -0.3 is 10.2 Å². The maximum Gasteiger partial charge on any atom is 0.215 e. The minimum Gasteiger partial charge on any atom is -0.313 e. The SMILES string of the molecule is CN1CCCC(N(C)S(=O)(=O)CC2CCCN2)C1. The molecule has 0 spiro atoms. The molecule has 0 bridgehead atoms. The van der Waals surface area contributed by atoms with Gasteiger partial charge in [-0.05, 0) is 45.8 Å². The summed E-state index contributed by atoms with van der Waals surface area (Å²) in [6.07, 6.45) is 4.15. The molecule has 2 fully saturated rings. The molecular formula is C12H25N3O2S. The summed E-state index contributed by atoms with van der Waals surface area (Å²) in [5, 5.41) is 3.26. The summed E-state index contributed by atoms with van der Waals surface area (Å²) in [7, 11) is 0.682. The number of likely N-dealkylation sites (tertiary alicyclic amines) is 1. The van der Waals surface area contributed by atoms with Crippen LogP contribution in [0.2, 0.25) is 0 Å². The minimum atomic E-state index is -3.12. The second-order valence-electron chi connectivity index (χ2n) is 5.65. The summed E-state index contributed by atoms with van der Waals surface area (Å²) in [5.41, 5.74) is 0. The first-order chi connectivity index (χ1) is 8.49. The van der Waals surface area contributed by atoms with E-state index in [1.165, 1.54) is 0 Å². The Labute approximate surface area is 111 Å². The van der Waals surface area contributed by atoms with Crippen LogP contribution in [0.5, 0.6) is 0 Å². The van der Waals surface area contributed by atoms with Crippen molar-refractivity contribution in [3.8, 4) is 0 Å². The first-order valence-corrected chi connectivity index (χ1v) is 8.47. The molecule has 2 heterocycles. The standard InChI is InChI=1S/C12H25N3O2S/c1-14-8-4-6-12(9-14)15(2)18(16,17)10-11-5-3-7-13-11/h11-13H,3-10H2,1-2H3. The fraction of sp³-hybridized carbons (Fsp3) is 1.00. The van der Waals surface area contributed by atoms with E-state index in [9.17, 15) is 8.42 Å². The van der Waals surface area contributed by atoms with Crippen molar-refractivity contribution >= 4 is 10.0 Å². The molecule has 0 aromatic carbocycles. The smallest absolute Gasteiger partial charge is 0.215 e. The van der Waals surface area contributed by atoms with Crippen molar-refractivity contribution < 1.29 is 8.42 Å². The van der Waals surface area contributed by atoms with E-state index in [0.29, 0.717) is 0 Å². The third kappa shape index (κ3) is 3.44. The molecule has 0 aromatic rings. The van der Waals surface area contributed by atoms with Crippen LogP contribution in [-0.4, -0.2) is 69.2 Å². The molecule has 6 heteroatoms. The Kier molecular flexibility index (Phi) is 4.64. The number of likely N-dealkylation sites (N-methyl/N-ethyl adjacent to an activating group) is 2. The average molecular weight is 275 g/mol. The van der Waals surface area contributed by atoms with Crippen LogP contribution in [0.3, 0.4) is 0 Å². The molecule has 2 atom stereocenters. The van der Waals surface area contributed by atoms with E-state index in [4.69, 9.17) is 0 Å². The summed E-state index contributed by atoms with van der Waals surface area (Å²) in [6.45, 7) is 2.89. The van der Waals surface area contributed by atoms with Gasteiger partial charge in [0.25, 0.3) is 0 Å². The van der Waals surface area contributed by atoms with Gasteiger partial charge in [-0.1, -0.05) is 0 Å². The van der Waals surface area contributed by atoms with Crippen LogP contribution in [0.4, 0.5) is 0 Å². The fourth-order valence-electron chi connectivity index (χ4n) is 2.93. The molecule has 0 amide bonds. The molecule has 0 aromatic heterocycles. The van der Waals surface area contributed by atoms with Crippen LogP contribution < -0.4 is 5.32 Å². The summed E-state index contributed by atoms with van der Waals surface area (Å²) in [5.74, 6) is 0.254. The van der Waals surface area contributed by atoms with Crippen LogP contribution in [0.15, 0.2) is 0 Å². The summed E-state index contributed by atoms with van der Waals surface area (Å²) >= 11 is 0. The Morgan fingerprint density at radius 3 is 2.72 bits per heavy atom. The lowest BCUT2D eigenvalue weighted by Crippen LogP contribution is -2.49. The highest BCUT2D eigenvalue weighted by atomic mass is 32.2. The predicted octanol–water partition coefficient (Wildman–Crippen LogP) is 0.0942. The van der Waals surface area contributed by atoms with Crippen molar-refractivity contribution in [1.29, 1.82) is 0 Å². The normalized spacial score (nSPS) is 31.1. The van der Waals surface area contributed by atoms with E-state index in [1.54, 1.807) is 11.4 Å². The van der Waals surface area contributed by atoms with Gasteiger partial charge in [0.1, 0.15) is 0 Å². The number of nitrogens with one attached hydrogen (secondary N) is 1. The topological polar surface area (TPSA) is 52.7 Å². The Hall–Kier alpha value is -0.170. The molecule has 1 N–H and O–H groups in total. The molecule has 2 unspecified atom stereocenters. The third-order valence-electron chi connectivity index (χ3n) is 4.13. The van der Waals surface area contributed by atoms with Gasteiger partial charge in [0.15, 0.2) is 0 Å². The Balaban J connectivity index is 1.95. The van der Waals surface area contributed by atoms with Gasteiger partial charge in [0.2, 0.25) is 10.0 Å². The largest absolute Gasteiger partial charge is 0.313 e. The fourth-order valence-corrected chi connectivity index (χ4v) is 4.59. The summed E-state index contributed by atoms with van der Waals surface area (Å²) in [4.78, 5) is 2.22. The molecule has 2 aliphatic rings. The molecule has 0 aliphatic carbocycles. The number of sulfonamides is 1. The van der Waals surface area contributed by atoms with Gasteiger partial charge >= 0.3 is 0 Å². The van der Waals surface area contributed by atoms with Crippen LogP contribution >= 0.6 is 0 Å². The van der Waals surface area contributed by atoms with Crippen molar-refractivity contribution in [2.45, 2.75) is 37.8 Å². The van der Waals surface area contributed by atoms with E-state index in [0.717, 1.165) is 45.3 Å². The lowest BCUT2D eigenvalue weighted by atomic mass is 10.1. The molecule has 2 rings (SSSR count). The van der Waals surface area contributed by atoms with Crippen molar-refractivity contribution in [1.82, 2.24) is 14.5 Å². The van der Waals surface area contributed by atoms with Gasteiger partial charge in [-0.25, -0.2) is 12.7 Å². The predicted molar refractivity (Wildman–Crippen MR) is 73.1 cm³/mol. The number of nitrogens with zero attached hydrogens (tertiary/aromatic N) is 2. The highest BCUT2D eigenvalue weighted by Crippen LogP contribution is 2.18. The number of piperidine rings is 1. The quantitative estimate of drug-likeness (QED) is 0.790. The summed E-state index contributed by atoms with van der Waals surface area (Å²) < 4.78 is 26.3. The van der Waals surface area contributed by atoms with E-state index >= 15 is 0 Å². The molecule has 0 saturated carbocycles. The zero-order valence-corrected chi connectivity index (χ0v) is 12.2. The number of hydrogen-bond acceptors (Lipinski definition) is 4. The van der Waals surface area contributed by atoms with Crippen LogP contribution in [0.25, 0.3) is 0 Å². The maximum absolute atomic E-state index is 12.4. The zero-order valence-electron chi connectivity index (χ0n) is 11.4. The zero-order chi connectivity index (χ0) is 13.2. The van der Waals surface area contributed by atoms with E-state index in [2.05, 4.69) is 17.3 Å². The van der Waals surface area contributed by atoms with Crippen LogP contribution in [-0.2, 0) is 10.0 Å². The highest BCUT2D eigenvalue weighted by Gasteiger charge is 2.31. The molecule has 2 saturated heterocycles. The molecule has 2 aliphatic heterocycles. The molecule has 0 radical (unpaired) electrons. The first kappa shape index (κ1) is 14.2. The van der Waals surface area contributed by atoms with Gasteiger partial charge in [-0.15, -0.1) is 0 Å². The van der Waals surface area contributed by atoms with Gasteiger partial charge in [0, 0.05) is 25.7 Å². The van der Waals surface area contributed by atoms with E-state index in [1.807, 2.05) is 0 Å². The molecule has 18 heavy (non-hydrogen) atoms. The van der Waals surface area contributed by atoms with E-state index in [-0.39, 0.29) is 17.8 Å². The summed E-state index contributed by atoms with van der Waals surface area (Å²) in [6, 6.07) is 0.300. The second-order valence-corrected chi connectivity index (χ2v) is 7.72. The second kappa shape index (κ2) is 5.86. The van der Waals surface area contributed by atoms with Gasteiger partial charge in [0.05, 0.1) is 5.75 Å². The lowest BCUT2D eigenvalue weighted by molar-refractivity contribution is 0.187. The average Bonchev–Trinajstić information content (AvgIpc) is 2.80. The lowest BCUT2D eigenvalue weighted by Gasteiger charge is -2.35. The maximum atomic E-state index is 12.4. The molecule has 5 nitrogen and oxygen atoms in total. The van der Waals surface area contributed by atoms with Crippen molar-refractivity contribution in [2.75, 3.05) is 39.5 Å². The van der Waals surface area contributed by atoms with Gasteiger partial charge in [-0.2, -0.15) is 0 Å². The minimum absolute atomic E-state index is 0.148. The monoisotopic (exact) mass is 275 g/mol. The Morgan fingerprint density at radius 2 is 2.11 bits per heavy atom. The van der Waals surface area contributed by atoms with Gasteiger partial charge in [-0.3, -0.25) is 0 Å². The highest BCUT2D eigenvalue weighted by molar-refractivity contribution is 7.89. The Morgan fingerprint density at radius 1 is 1.33 bits per heavy atom. The van der Waals surface area contributed by atoms with Crippen LogP contribution in [0.1, 0.15) is 25.7 Å². The van der Waals surface area contributed by atoms with Crippen molar-refractivity contribution in [3.05, 3.63) is 0 Å². The third-order valence-corrected chi connectivity index (χ3v) is 6.13. The van der Waals surface area contributed by atoms with E-state index < -0.39 is 10.0 Å². The number of hydrogen-bond donors (Lipinski definition) is 1.